The zero-order valence-corrected chi connectivity index (χ0v) is 47.1. The number of aliphatic hydroxyl groups excluding tert-OH is 1. The molecular weight excluding hydrogens is 1030 g/mol. The number of hydrogen-bond donors (Lipinski definition) is 1. The van der Waals surface area contributed by atoms with Crippen molar-refractivity contribution in [3.8, 4) is 0 Å². The molecule has 6 heterocycles. The van der Waals surface area contributed by atoms with Crippen molar-refractivity contribution in [1.82, 2.24) is 37.7 Å². The molecule has 0 radical (unpaired) electrons. The lowest BCUT2D eigenvalue weighted by Crippen LogP contribution is -2.50. The molecule has 4 aromatic heterocycles. The van der Waals surface area contributed by atoms with Gasteiger partial charge in [0.1, 0.15) is 31.4 Å². The Kier molecular flexibility index (Phi) is 17.1. The molecule has 0 amide bonds. The van der Waals surface area contributed by atoms with E-state index in [0.717, 1.165) is 56.1 Å². The first-order valence-corrected chi connectivity index (χ1v) is 31.6. The number of benzene rings is 4. The summed E-state index contributed by atoms with van der Waals surface area (Å²) in [5.74, 6) is 2.18. The Morgan fingerprint density at radius 2 is 0.987 bits per heavy atom. The minimum Gasteiger partial charge on any atom is -0.390 e. The molecule has 406 valence electrons. The van der Waals surface area contributed by atoms with Gasteiger partial charge < -0.3 is 24.2 Å². The maximum Gasteiger partial charge on any atom is 0.269 e. The summed E-state index contributed by atoms with van der Waals surface area (Å²) in [5.41, 5.74) is 3.80. The van der Waals surface area contributed by atoms with Crippen molar-refractivity contribution in [2.45, 2.75) is 74.9 Å². The molecule has 0 bridgehead atoms. The van der Waals surface area contributed by atoms with E-state index in [0.29, 0.717) is 45.6 Å². The van der Waals surface area contributed by atoms with Crippen LogP contribution in [0, 0.1) is 11.8 Å². The van der Waals surface area contributed by atoms with Crippen molar-refractivity contribution >= 4 is 60.9 Å². The predicted octanol–water partition coefficient (Wildman–Crippen LogP) is 8.62. The number of likely N-dealkylation sites (tertiary alicyclic amines) is 2. The number of ether oxygens (including phenoxy) is 1. The molecule has 4 aromatic carbocycles. The van der Waals surface area contributed by atoms with Gasteiger partial charge in [0.05, 0.1) is 51.5 Å². The van der Waals surface area contributed by atoms with Crippen LogP contribution in [0.15, 0.2) is 156 Å². The first-order valence-electron chi connectivity index (χ1n) is 26.0. The number of anilines is 2. The lowest BCUT2D eigenvalue weighted by molar-refractivity contribution is 0.159. The lowest BCUT2D eigenvalue weighted by Gasteiger charge is -2.42. The Bertz CT molecular complexity index is 3550. The Morgan fingerprint density at radius 1 is 0.597 bits per heavy atom. The summed E-state index contributed by atoms with van der Waals surface area (Å²) < 4.78 is 75.3. The van der Waals surface area contributed by atoms with Crippen LogP contribution in [0.25, 0.3) is 22.1 Å². The minimum absolute atomic E-state index is 0.0259. The number of aliphatic hydroxyl groups is 1. The van der Waals surface area contributed by atoms with Gasteiger partial charge in [-0.3, -0.25) is 9.80 Å². The largest absolute Gasteiger partial charge is 0.390 e. The molecule has 0 spiro atoms. The average molecular weight is 1100 g/mol. The fourth-order valence-electron chi connectivity index (χ4n) is 10.7. The highest BCUT2D eigenvalue weighted by molar-refractivity contribution is 7.90. The van der Waals surface area contributed by atoms with E-state index in [-0.39, 0.29) is 46.2 Å². The van der Waals surface area contributed by atoms with Gasteiger partial charge in [-0.2, -0.15) is 0 Å². The van der Waals surface area contributed by atoms with Crippen molar-refractivity contribution in [2.24, 2.45) is 11.8 Å². The van der Waals surface area contributed by atoms with Crippen LogP contribution < -0.4 is 9.80 Å². The van der Waals surface area contributed by atoms with Crippen LogP contribution in [0.4, 0.5) is 11.6 Å². The second-order valence-corrected chi connectivity index (χ2v) is 27.8. The van der Waals surface area contributed by atoms with E-state index < -0.39 is 33.8 Å². The van der Waals surface area contributed by atoms with Crippen LogP contribution in [0.5, 0.6) is 0 Å². The molecule has 77 heavy (non-hydrogen) atoms. The monoisotopic (exact) mass is 1100 g/mol. The van der Waals surface area contributed by atoms with E-state index in [1.165, 1.54) is 27.8 Å². The van der Waals surface area contributed by atoms with Gasteiger partial charge in [0.2, 0.25) is 0 Å². The van der Waals surface area contributed by atoms with Crippen molar-refractivity contribution in [3.63, 3.8) is 0 Å². The SMILES string of the molecule is CC1CCN(Cc2ccccc2)CC1N(C)c1ncnc2c1cc(CO)n2S(=O)(=O)c1ccccc1.CC1CCN(Cc2ccccc2)CC1N(C)c1ncnc2c1cc(COCP(C)(C)=O)n2S(=O)(=O)c1ccccc1. The molecule has 4 unspecified atom stereocenters. The molecule has 20 heteroatoms. The summed E-state index contributed by atoms with van der Waals surface area (Å²) in [6.07, 6.45) is 4.99. The van der Waals surface area contributed by atoms with Crippen molar-refractivity contribution in [1.29, 1.82) is 0 Å². The second kappa shape index (κ2) is 23.7. The molecule has 4 atom stereocenters. The van der Waals surface area contributed by atoms with Gasteiger partial charge in [0.15, 0.2) is 11.3 Å². The Labute approximate surface area is 452 Å². The summed E-state index contributed by atoms with van der Waals surface area (Å²) in [7, 11) is -6.35. The molecule has 2 fully saturated rings. The predicted molar refractivity (Wildman–Crippen MR) is 304 cm³/mol. The third-order valence-electron chi connectivity index (χ3n) is 14.8. The molecule has 8 aromatic rings. The summed E-state index contributed by atoms with van der Waals surface area (Å²) >= 11 is 0. The van der Waals surface area contributed by atoms with E-state index in [9.17, 15) is 26.5 Å². The Morgan fingerprint density at radius 3 is 1.39 bits per heavy atom. The van der Waals surface area contributed by atoms with E-state index >= 15 is 0 Å². The fourth-order valence-corrected chi connectivity index (χ4v) is 14.2. The van der Waals surface area contributed by atoms with Crippen LogP contribution in [-0.4, -0.2) is 132 Å². The fraction of sp³-hybridized carbons (Fsp3) is 0.368. The van der Waals surface area contributed by atoms with Gasteiger partial charge in [-0.15, -0.1) is 0 Å². The second-order valence-electron chi connectivity index (χ2n) is 20.8. The van der Waals surface area contributed by atoms with Crippen molar-refractivity contribution in [3.05, 3.63) is 169 Å². The standard InChI is InChI=1S/C30H38N5O4PS.C27H31N5O3S/c1-23-15-16-34(18-24-11-7-5-8-12-24)19-28(23)33(2)29-27-17-25(20-39-22-40(3,4)36)35(30(27)32-21-31-29)41(37,38)26-13-9-6-10-14-26;1-20-13-14-31(16-21-9-5-3-6-10-21)17-25(20)30(2)26-24-15-22(18-33)32(27(24)29-19-28-26)36(34,35)23-11-7-4-8-12-23/h5-14,17,21,23,28H,15-16,18-20,22H2,1-4H3;3-12,15,19-20,25,33H,13-14,16-18H2,1-2H3. The maximum absolute atomic E-state index is 13.9. The summed E-state index contributed by atoms with van der Waals surface area (Å²) in [6, 6.07) is 41.3. The number of aromatic nitrogens is 6. The topological polar surface area (TPSA) is 189 Å². The molecule has 2 aliphatic rings. The van der Waals surface area contributed by atoms with Crippen LogP contribution in [0.1, 0.15) is 49.2 Å². The van der Waals surface area contributed by atoms with Crippen molar-refractivity contribution in [2.75, 3.05) is 69.8 Å². The maximum atomic E-state index is 13.9. The Balaban J connectivity index is 0.000000189. The molecule has 2 aliphatic heterocycles. The number of hydrogen-bond acceptors (Lipinski definition) is 15. The van der Waals surface area contributed by atoms with Crippen LogP contribution in [-0.2, 0) is 55.7 Å². The first kappa shape index (κ1) is 55.4. The normalized spacial score (nSPS) is 18.7. The summed E-state index contributed by atoms with van der Waals surface area (Å²) in [5, 5.41) is 11.3. The molecule has 0 aliphatic carbocycles. The van der Waals surface area contributed by atoms with Gasteiger partial charge in [-0.25, -0.2) is 44.7 Å². The smallest absolute Gasteiger partial charge is 0.269 e. The van der Waals surface area contributed by atoms with Crippen LogP contribution in [0.2, 0.25) is 0 Å². The van der Waals surface area contributed by atoms with E-state index in [4.69, 9.17) is 4.74 Å². The highest BCUT2D eigenvalue weighted by Gasteiger charge is 2.35. The number of fused-ring (bicyclic) bond motifs is 2. The quantitative estimate of drug-likeness (QED) is 0.0853. The highest BCUT2D eigenvalue weighted by Crippen LogP contribution is 2.38. The third kappa shape index (κ3) is 12.4. The Hall–Kier alpha value is -6.31. The molecule has 2 saturated heterocycles. The third-order valence-corrected chi connectivity index (χ3v) is 19.1. The molecular formula is C57H69N10O7PS2. The molecule has 17 nitrogen and oxygen atoms in total. The van der Waals surface area contributed by atoms with Gasteiger partial charge in [0, 0.05) is 52.4 Å². The molecule has 1 N–H and O–H groups in total. The van der Waals surface area contributed by atoms with Crippen molar-refractivity contribution < 1.29 is 31.2 Å². The number of piperidine rings is 2. The average Bonchev–Trinajstić information content (AvgIpc) is 4.13. The van der Waals surface area contributed by atoms with Crippen LogP contribution in [0.3, 0.4) is 0 Å². The summed E-state index contributed by atoms with van der Waals surface area (Å²) in [6.45, 7) is 12.9. The van der Waals surface area contributed by atoms with Gasteiger partial charge in [0.25, 0.3) is 20.0 Å². The number of rotatable bonds is 17. The van der Waals surface area contributed by atoms with E-state index in [1.807, 2.05) is 26.2 Å². The number of likely N-dealkylation sites (N-methyl/N-ethyl adjacent to an activating group) is 2. The zero-order valence-electron chi connectivity index (χ0n) is 44.6. The zero-order chi connectivity index (χ0) is 54.5. The minimum atomic E-state index is -3.99. The summed E-state index contributed by atoms with van der Waals surface area (Å²) in [4.78, 5) is 27.6. The van der Waals surface area contributed by atoms with Crippen LogP contribution >= 0.6 is 7.14 Å². The van der Waals surface area contributed by atoms with Gasteiger partial charge >= 0.3 is 0 Å². The van der Waals surface area contributed by atoms with E-state index in [1.54, 1.807) is 86.1 Å². The number of nitrogens with zero attached hydrogens (tertiary/aromatic N) is 10. The van der Waals surface area contributed by atoms with E-state index in [2.05, 4.69) is 102 Å². The molecule has 0 saturated carbocycles. The first-order chi connectivity index (χ1) is 36.9. The van der Waals surface area contributed by atoms with Gasteiger partial charge in [-0.05, 0) is 98.6 Å². The highest BCUT2D eigenvalue weighted by atomic mass is 32.2. The van der Waals surface area contributed by atoms with Gasteiger partial charge in [-0.1, -0.05) is 111 Å². The lowest BCUT2D eigenvalue weighted by atomic mass is 9.92. The molecule has 10 rings (SSSR count).